The highest BCUT2D eigenvalue weighted by molar-refractivity contribution is 7.89. The van der Waals surface area contributed by atoms with Gasteiger partial charge in [-0.15, -0.1) is 0 Å². The lowest BCUT2D eigenvalue weighted by atomic mass is 9.85. The van der Waals surface area contributed by atoms with E-state index in [2.05, 4.69) is 15.4 Å². The van der Waals surface area contributed by atoms with Crippen molar-refractivity contribution in [1.82, 2.24) is 10.0 Å². The van der Waals surface area contributed by atoms with Gasteiger partial charge in [-0.25, -0.2) is 13.1 Å². The molecule has 3 fully saturated rings. The van der Waals surface area contributed by atoms with Crippen LogP contribution < -0.4 is 15.4 Å². The van der Waals surface area contributed by atoms with Crippen molar-refractivity contribution in [3.8, 4) is 0 Å². The average Bonchev–Trinajstić information content (AvgIpc) is 3.29. The van der Waals surface area contributed by atoms with Gasteiger partial charge in [-0.1, -0.05) is 18.9 Å². The number of carbonyl (C=O) groups is 1. The van der Waals surface area contributed by atoms with Crippen molar-refractivity contribution in [3.63, 3.8) is 0 Å². The van der Waals surface area contributed by atoms with Crippen molar-refractivity contribution < 1.29 is 13.2 Å². The third-order valence-corrected chi connectivity index (χ3v) is 7.49. The molecule has 1 saturated heterocycles. The van der Waals surface area contributed by atoms with E-state index in [-0.39, 0.29) is 22.9 Å². The van der Waals surface area contributed by atoms with Crippen molar-refractivity contribution in [3.05, 3.63) is 23.8 Å². The number of sulfonamides is 1. The van der Waals surface area contributed by atoms with E-state index in [0.29, 0.717) is 23.2 Å². The Morgan fingerprint density at radius 2 is 1.92 bits per heavy atom. The minimum absolute atomic E-state index is 0.0590. The van der Waals surface area contributed by atoms with Gasteiger partial charge in [-0.05, 0) is 62.6 Å². The molecule has 4 rings (SSSR count). The van der Waals surface area contributed by atoms with Gasteiger partial charge in [0.2, 0.25) is 15.9 Å². The molecule has 6 nitrogen and oxygen atoms in total. The Labute approximate surface area is 155 Å². The van der Waals surface area contributed by atoms with Crippen molar-refractivity contribution >= 4 is 21.6 Å². The van der Waals surface area contributed by atoms with E-state index in [1.54, 1.807) is 25.1 Å². The molecule has 26 heavy (non-hydrogen) atoms. The first kappa shape index (κ1) is 17.9. The van der Waals surface area contributed by atoms with Crippen LogP contribution in [0.15, 0.2) is 23.1 Å². The molecule has 0 radical (unpaired) electrons. The van der Waals surface area contributed by atoms with Gasteiger partial charge in [0.25, 0.3) is 0 Å². The van der Waals surface area contributed by atoms with E-state index in [9.17, 15) is 13.2 Å². The zero-order chi connectivity index (χ0) is 18.3. The van der Waals surface area contributed by atoms with Gasteiger partial charge in [0.15, 0.2) is 0 Å². The standard InChI is InChI=1S/C19H27N3O3S/c1-12-6-7-15(11-18(12)26(24,25)22-14-8-9-14)20-19(23)17-10-13-4-2-3-5-16(13)21-17/h6-7,11,13-14,16-17,21-22H,2-5,8-10H2,1H3,(H,20,23). The van der Waals surface area contributed by atoms with Gasteiger partial charge >= 0.3 is 0 Å². The molecule has 2 aliphatic carbocycles. The Morgan fingerprint density at radius 3 is 2.65 bits per heavy atom. The van der Waals surface area contributed by atoms with Gasteiger partial charge in [0, 0.05) is 17.8 Å². The van der Waals surface area contributed by atoms with Crippen LogP contribution in [-0.4, -0.2) is 32.5 Å². The fraction of sp³-hybridized carbons (Fsp3) is 0.632. The van der Waals surface area contributed by atoms with E-state index in [4.69, 9.17) is 0 Å². The number of rotatable bonds is 5. The van der Waals surface area contributed by atoms with Crippen LogP contribution in [0.5, 0.6) is 0 Å². The summed E-state index contributed by atoms with van der Waals surface area (Å²) < 4.78 is 27.8. The first-order valence-corrected chi connectivity index (χ1v) is 11.1. The van der Waals surface area contributed by atoms with E-state index in [1.807, 2.05) is 0 Å². The van der Waals surface area contributed by atoms with Crippen LogP contribution >= 0.6 is 0 Å². The van der Waals surface area contributed by atoms with E-state index >= 15 is 0 Å². The maximum absolute atomic E-state index is 12.7. The Morgan fingerprint density at radius 1 is 1.15 bits per heavy atom. The molecule has 0 aromatic heterocycles. The third kappa shape index (κ3) is 3.80. The molecule has 3 atom stereocenters. The molecule has 2 saturated carbocycles. The van der Waals surface area contributed by atoms with Crippen LogP contribution in [0.25, 0.3) is 0 Å². The summed E-state index contributed by atoms with van der Waals surface area (Å²) in [4.78, 5) is 12.9. The van der Waals surface area contributed by atoms with Crippen molar-refractivity contribution in [2.45, 2.75) is 74.9 Å². The van der Waals surface area contributed by atoms with Gasteiger partial charge in [-0.3, -0.25) is 4.79 Å². The van der Waals surface area contributed by atoms with Crippen LogP contribution in [0.3, 0.4) is 0 Å². The maximum atomic E-state index is 12.7. The number of fused-ring (bicyclic) bond motifs is 1. The van der Waals surface area contributed by atoms with Crippen LogP contribution in [0, 0.1) is 12.8 Å². The highest BCUT2D eigenvalue weighted by Gasteiger charge is 2.38. The summed E-state index contributed by atoms with van der Waals surface area (Å²) in [5.74, 6) is 0.526. The lowest BCUT2D eigenvalue weighted by Crippen LogP contribution is -2.39. The number of benzene rings is 1. The summed E-state index contributed by atoms with van der Waals surface area (Å²) in [5.41, 5.74) is 1.22. The van der Waals surface area contributed by atoms with Gasteiger partial charge in [-0.2, -0.15) is 0 Å². The largest absolute Gasteiger partial charge is 0.325 e. The number of anilines is 1. The SMILES string of the molecule is Cc1ccc(NC(=O)C2CC3CCCCC3N2)cc1S(=O)(=O)NC1CC1. The summed E-state index contributed by atoms with van der Waals surface area (Å²) in [5, 5.41) is 6.37. The fourth-order valence-corrected chi connectivity index (χ4v) is 5.78. The lowest BCUT2D eigenvalue weighted by Gasteiger charge is -2.24. The molecule has 3 aliphatic rings. The van der Waals surface area contributed by atoms with Crippen molar-refractivity contribution in [2.75, 3.05) is 5.32 Å². The minimum atomic E-state index is -3.54. The summed E-state index contributed by atoms with van der Waals surface area (Å²) in [6.07, 6.45) is 7.49. The molecule has 1 aromatic rings. The molecule has 3 unspecified atom stereocenters. The van der Waals surface area contributed by atoms with Gasteiger partial charge < -0.3 is 10.6 Å². The predicted octanol–water partition coefficient (Wildman–Crippen LogP) is 2.29. The fourth-order valence-electron chi connectivity index (χ4n) is 4.20. The third-order valence-electron chi connectivity index (χ3n) is 5.82. The first-order valence-electron chi connectivity index (χ1n) is 9.62. The summed E-state index contributed by atoms with van der Waals surface area (Å²) in [6, 6.07) is 5.42. The molecule has 7 heteroatoms. The van der Waals surface area contributed by atoms with Gasteiger partial charge in [0.1, 0.15) is 0 Å². The van der Waals surface area contributed by atoms with Crippen LogP contribution in [0.4, 0.5) is 5.69 Å². The zero-order valence-electron chi connectivity index (χ0n) is 15.1. The molecule has 142 valence electrons. The van der Waals surface area contributed by atoms with Crippen molar-refractivity contribution in [2.24, 2.45) is 5.92 Å². The molecule has 1 aliphatic heterocycles. The van der Waals surface area contributed by atoms with E-state index in [0.717, 1.165) is 25.7 Å². The first-order chi connectivity index (χ1) is 12.4. The molecular formula is C19H27N3O3S. The van der Waals surface area contributed by atoms with Crippen LogP contribution in [-0.2, 0) is 14.8 Å². The molecule has 3 N–H and O–H groups in total. The molecular weight excluding hydrogens is 350 g/mol. The van der Waals surface area contributed by atoms with Crippen molar-refractivity contribution in [1.29, 1.82) is 0 Å². The molecule has 0 bridgehead atoms. The summed E-state index contributed by atoms with van der Waals surface area (Å²) in [6.45, 7) is 1.77. The van der Waals surface area contributed by atoms with E-state index in [1.165, 1.54) is 19.3 Å². The smallest absolute Gasteiger partial charge is 0.241 e. The highest BCUT2D eigenvalue weighted by atomic mass is 32.2. The number of carbonyl (C=O) groups excluding carboxylic acids is 1. The molecule has 1 aromatic carbocycles. The second-order valence-electron chi connectivity index (χ2n) is 7.97. The quantitative estimate of drug-likeness (QED) is 0.735. The van der Waals surface area contributed by atoms with Crippen LogP contribution in [0.2, 0.25) is 0 Å². The molecule has 1 heterocycles. The lowest BCUT2D eigenvalue weighted by molar-refractivity contribution is -0.117. The predicted molar refractivity (Wildman–Crippen MR) is 100 cm³/mol. The number of aryl methyl sites for hydroxylation is 1. The Balaban J connectivity index is 1.46. The summed E-state index contributed by atoms with van der Waals surface area (Å²) in [7, 11) is -3.54. The number of hydrogen-bond donors (Lipinski definition) is 3. The van der Waals surface area contributed by atoms with Gasteiger partial charge in [0.05, 0.1) is 10.9 Å². The monoisotopic (exact) mass is 377 g/mol. The Kier molecular flexibility index (Phi) is 4.79. The Bertz CT molecular complexity index is 790. The minimum Gasteiger partial charge on any atom is -0.325 e. The normalized spacial score (nSPS) is 28.6. The Hall–Kier alpha value is -1.44. The summed E-state index contributed by atoms with van der Waals surface area (Å²) >= 11 is 0. The molecule has 0 spiro atoms. The molecule has 1 amide bonds. The highest BCUT2D eigenvalue weighted by Crippen LogP contribution is 2.33. The topological polar surface area (TPSA) is 87.3 Å². The maximum Gasteiger partial charge on any atom is 0.241 e. The number of amides is 1. The second kappa shape index (κ2) is 6.94. The zero-order valence-corrected chi connectivity index (χ0v) is 15.9. The van der Waals surface area contributed by atoms with Crippen LogP contribution in [0.1, 0.15) is 50.5 Å². The van der Waals surface area contributed by atoms with E-state index < -0.39 is 10.0 Å². The number of hydrogen-bond acceptors (Lipinski definition) is 4. The average molecular weight is 378 g/mol. The number of nitrogens with one attached hydrogen (secondary N) is 3. The second-order valence-corrected chi connectivity index (χ2v) is 9.65.